The Labute approximate surface area is 107 Å². The molecule has 1 unspecified atom stereocenters. The Balaban J connectivity index is 0.000000963. The molecule has 1 saturated heterocycles. The summed E-state index contributed by atoms with van der Waals surface area (Å²) in [5, 5.41) is 7.95. The first-order chi connectivity index (χ1) is 7.43. The lowest BCUT2D eigenvalue weighted by Crippen LogP contribution is -2.37. The van der Waals surface area contributed by atoms with Gasteiger partial charge in [-0.25, -0.2) is 0 Å². The van der Waals surface area contributed by atoms with Crippen LogP contribution in [0.25, 0.3) is 0 Å². The number of halogens is 1. The van der Waals surface area contributed by atoms with Crippen LogP contribution in [0.5, 0.6) is 0 Å². The minimum Gasteiger partial charge on any atom is -0.315 e. The maximum atomic E-state index is 3.48. The fraction of sp³-hybridized carbons (Fsp3) is 0.667. The molecule has 1 aromatic rings. The third kappa shape index (κ3) is 2.77. The molecule has 1 N–H and O–H groups in total. The molecule has 2 fully saturated rings. The average Bonchev–Trinajstić information content (AvgIpc) is 2.78. The van der Waals surface area contributed by atoms with Gasteiger partial charge in [-0.1, -0.05) is 0 Å². The first kappa shape index (κ1) is 12.4. The summed E-state index contributed by atoms with van der Waals surface area (Å²) in [5.74, 6) is 0. The van der Waals surface area contributed by atoms with Gasteiger partial charge in [0.25, 0.3) is 0 Å². The topological polar surface area (TPSA) is 15.3 Å². The molecule has 1 aromatic heterocycles. The molecule has 0 spiro atoms. The molecule has 0 amide bonds. The molecule has 16 heavy (non-hydrogen) atoms. The highest BCUT2D eigenvalue weighted by Crippen LogP contribution is 2.31. The molecule has 4 heteroatoms. The number of rotatable bonds is 4. The SMILES string of the molecule is Cl.c1cc(CN(C2CC2)C2CCNC2)cs1. The summed E-state index contributed by atoms with van der Waals surface area (Å²) in [6.45, 7) is 3.57. The largest absolute Gasteiger partial charge is 0.315 e. The van der Waals surface area contributed by atoms with Crippen LogP contribution in [0, 0.1) is 0 Å². The van der Waals surface area contributed by atoms with Crippen LogP contribution in [0.3, 0.4) is 0 Å². The standard InChI is InChI=1S/C12H18N2S.ClH/c1-2-11(1)14(12-3-5-13-7-12)8-10-4-6-15-9-10;/h4,6,9,11-13H,1-3,5,7-8H2;1H. The minimum atomic E-state index is 0. The smallest absolute Gasteiger partial charge is 0.0248 e. The van der Waals surface area contributed by atoms with E-state index in [4.69, 9.17) is 0 Å². The number of nitrogens with zero attached hydrogens (tertiary/aromatic N) is 1. The third-order valence-electron chi connectivity index (χ3n) is 3.46. The lowest BCUT2D eigenvalue weighted by Gasteiger charge is -2.27. The van der Waals surface area contributed by atoms with Gasteiger partial charge in [-0.15, -0.1) is 12.4 Å². The lowest BCUT2D eigenvalue weighted by atomic mass is 10.2. The fourth-order valence-electron chi connectivity index (χ4n) is 2.48. The summed E-state index contributed by atoms with van der Waals surface area (Å²) in [6.07, 6.45) is 4.17. The Kier molecular flexibility index (Phi) is 4.25. The van der Waals surface area contributed by atoms with Crippen LogP contribution in [0.2, 0.25) is 0 Å². The van der Waals surface area contributed by atoms with Gasteiger partial charge in [-0.2, -0.15) is 11.3 Å². The van der Waals surface area contributed by atoms with Gasteiger partial charge in [-0.05, 0) is 48.2 Å². The van der Waals surface area contributed by atoms with Crippen LogP contribution in [0.4, 0.5) is 0 Å². The highest BCUT2D eigenvalue weighted by Gasteiger charge is 2.34. The van der Waals surface area contributed by atoms with Crippen LogP contribution in [-0.4, -0.2) is 30.1 Å². The Morgan fingerprint density at radius 3 is 2.75 bits per heavy atom. The number of nitrogens with one attached hydrogen (secondary N) is 1. The molecular weight excluding hydrogens is 240 g/mol. The maximum Gasteiger partial charge on any atom is 0.0248 e. The normalized spacial score (nSPS) is 24.7. The zero-order valence-electron chi connectivity index (χ0n) is 9.39. The van der Waals surface area contributed by atoms with Crippen molar-refractivity contribution in [1.82, 2.24) is 10.2 Å². The summed E-state index contributed by atoms with van der Waals surface area (Å²) in [6, 6.07) is 3.94. The Bertz CT molecular complexity index is 305. The molecule has 1 aliphatic carbocycles. The van der Waals surface area contributed by atoms with Crippen LogP contribution < -0.4 is 5.32 Å². The van der Waals surface area contributed by atoms with E-state index in [1.54, 1.807) is 0 Å². The Hall–Kier alpha value is -0.0900. The summed E-state index contributed by atoms with van der Waals surface area (Å²) in [7, 11) is 0. The van der Waals surface area contributed by atoms with Crippen LogP contribution in [-0.2, 0) is 6.54 Å². The van der Waals surface area contributed by atoms with E-state index in [1.165, 1.54) is 44.5 Å². The minimum absolute atomic E-state index is 0. The van der Waals surface area contributed by atoms with Crippen LogP contribution >= 0.6 is 23.7 Å². The molecule has 0 aromatic carbocycles. The molecule has 1 saturated carbocycles. The van der Waals surface area contributed by atoms with Crippen molar-refractivity contribution in [3.05, 3.63) is 22.4 Å². The molecule has 1 atom stereocenters. The first-order valence-electron chi connectivity index (χ1n) is 5.91. The van der Waals surface area contributed by atoms with E-state index < -0.39 is 0 Å². The summed E-state index contributed by atoms with van der Waals surface area (Å²) in [4.78, 5) is 2.72. The second-order valence-electron chi connectivity index (χ2n) is 4.68. The van der Waals surface area contributed by atoms with Gasteiger partial charge < -0.3 is 5.32 Å². The summed E-state index contributed by atoms with van der Waals surface area (Å²) >= 11 is 1.81. The number of hydrogen-bond acceptors (Lipinski definition) is 3. The van der Waals surface area contributed by atoms with Crippen molar-refractivity contribution in [3.63, 3.8) is 0 Å². The zero-order chi connectivity index (χ0) is 10.1. The molecular formula is C12H19ClN2S. The molecule has 1 aliphatic heterocycles. The van der Waals surface area contributed by atoms with Gasteiger partial charge in [0.1, 0.15) is 0 Å². The second-order valence-corrected chi connectivity index (χ2v) is 5.46. The molecule has 90 valence electrons. The van der Waals surface area contributed by atoms with Crippen LogP contribution in [0.1, 0.15) is 24.8 Å². The van der Waals surface area contributed by atoms with Crippen molar-refractivity contribution in [1.29, 1.82) is 0 Å². The predicted molar refractivity (Wildman–Crippen MR) is 71.4 cm³/mol. The predicted octanol–water partition coefficient (Wildman–Crippen LogP) is 2.50. The molecule has 0 bridgehead atoms. The number of thiophene rings is 1. The van der Waals surface area contributed by atoms with Crippen molar-refractivity contribution in [2.75, 3.05) is 13.1 Å². The van der Waals surface area contributed by atoms with Crippen molar-refractivity contribution >= 4 is 23.7 Å². The molecule has 3 rings (SSSR count). The number of hydrogen-bond donors (Lipinski definition) is 1. The lowest BCUT2D eigenvalue weighted by molar-refractivity contribution is 0.189. The first-order valence-corrected chi connectivity index (χ1v) is 6.85. The van der Waals surface area contributed by atoms with E-state index in [9.17, 15) is 0 Å². The van der Waals surface area contributed by atoms with Gasteiger partial charge in [0.2, 0.25) is 0 Å². The van der Waals surface area contributed by atoms with E-state index in [1.807, 2.05) is 11.3 Å². The fourth-order valence-corrected chi connectivity index (χ4v) is 3.14. The molecule has 0 radical (unpaired) electrons. The molecule has 2 heterocycles. The van der Waals surface area contributed by atoms with E-state index >= 15 is 0 Å². The molecule has 2 aliphatic rings. The summed E-state index contributed by atoms with van der Waals surface area (Å²) < 4.78 is 0. The summed E-state index contributed by atoms with van der Waals surface area (Å²) in [5.41, 5.74) is 1.50. The van der Waals surface area contributed by atoms with E-state index in [-0.39, 0.29) is 12.4 Å². The van der Waals surface area contributed by atoms with E-state index in [2.05, 4.69) is 27.0 Å². The van der Waals surface area contributed by atoms with E-state index in [0.29, 0.717) is 0 Å². The van der Waals surface area contributed by atoms with Gasteiger partial charge in [-0.3, -0.25) is 4.90 Å². The van der Waals surface area contributed by atoms with Gasteiger partial charge in [0.05, 0.1) is 0 Å². The zero-order valence-corrected chi connectivity index (χ0v) is 11.0. The highest BCUT2D eigenvalue weighted by molar-refractivity contribution is 7.07. The Morgan fingerprint density at radius 1 is 1.31 bits per heavy atom. The van der Waals surface area contributed by atoms with Crippen molar-refractivity contribution < 1.29 is 0 Å². The third-order valence-corrected chi connectivity index (χ3v) is 4.20. The van der Waals surface area contributed by atoms with Gasteiger partial charge in [0.15, 0.2) is 0 Å². The van der Waals surface area contributed by atoms with Crippen molar-refractivity contribution in [2.24, 2.45) is 0 Å². The highest BCUT2D eigenvalue weighted by atomic mass is 35.5. The van der Waals surface area contributed by atoms with Crippen molar-refractivity contribution in [3.8, 4) is 0 Å². The van der Waals surface area contributed by atoms with Gasteiger partial charge >= 0.3 is 0 Å². The molecule has 2 nitrogen and oxygen atoms in total. The monoisotopic (exact) mass is 258 g/mol. The average molecular weight is 259 g/mol. The maximum absolute atomic E-state index is 3.48. The second kappa shape index (κ2) is 5.50. The quantitative estimate of drug-likeness (QED) is 0.893. The Morgan fingerprint density at radius 2 is 2.19 bits per heavy atom. The van der Waals surface area contributed by atoms with Crippen LogP contribution in [0.15, 0.2) is 16.8 Å². The van der Waals surface area contributed by atoms with E-state index in [0.717, 1.165) is 12.1 Å². The van der Waals surface area contributed by atoms with Gasteiger partial charge in [0, 0.05) is 25.2 Å². The van der Waals surface area contributed by atoms with Crippen molar-refractivity contribution in [2.45, 2.75) is 37.9 Å².